The molecule has 9 heteroatoms. The van der Waals surface area contributed by atoms with Crippen LogP contribution < -0.4 is 0 Å². The third-order valence-electron chi connectivity index (χ3n) is 5.23. The van der Waals surface area contributed by atoms with Gasteiger partial charge in [0.15, 0.2) is 0 Å². The molecule has 0 unspecified atom stereocenters. The molecule has 1 atom stereocenters. The van der Waals surface area contributed by atoms with Crippen molar-refractivity contribution in [2.24, 2.45) is 5.10 Å². The van der Waals surface area contributed by atoms with Gasteiger partial charge in [-0.15, -0.1) is 22.7 Å². The molecule has 31 heavy (non-hydrogen) atoms. The maximum atomic E-state index is 13.2. The van der Waals surface area contributed by atoms with Crippen molar-refractivity contribution in [3.63, 3.8) is 0 Å². The SMILES string of the molecule is CC(C)(C)OC(=O)N1CCN(CC(=O)N2N=C(c3cccs3)C[C@@H]2c2cccs2)CC1. The molecule has 0 bridgehead atoms. The van der Waals surface area contributed by atoms with Gasteiger partial charge in [0.1, 0.15) is 5.60 Å². The summed E-state index contributed by atoms with van der Waals surface area (Å²) in [5.74, 6) is -0.00401. The summed E-state index contributed by atoms with van der Waals surface area (Å²) in [4.78, 5) is 31.6. The standard InChI is InChI=1S/C22H28N4O3S2/c1-22(2,3)29-21(28)25-10-8-24(9-11-25)15-20(27)26-17(19-7-5-13-31-19)14-16(23-26)18-6-4-12-30-18/h4-7,12-13,17H,8-11,14-15H2,1-3H3/t17-/m1/s1. The molecule has 2 aromatic heterocycles. The summed E-state index contributed by atoms with van der Waals surface area (Å²) in [7, 11) is 0. The van der Waals surface area contributed by atoms with E-state index in [-0.39, 0.29) is 18.0 Å². The van der Waals surface area contributed by atoms with Crippen molar-refractivity contribution in [2.45, 2.75) is 38.8 Å². The highest BCUT2D eigenvalue weighted by Gasteiger charge is 2.35. The van der Waals surface area contributed by atoms with Crippen molar-refractivity contribution < 1.29 is 14.3 Å². The van der Waals surface area contributed by atoms with E-state index in [9.17, 15) is 9.59 Å². The van der Waals surface area contributed by atoms with Gasteiger partial charge in [0.2, 0.25) is 0 Å². The monoisotopic (exact) mass is 460 g/mol. The number of hydrogen-bond acceptors (Lipinski definition) is 7. The number of thiophene rings is 2. The Bertz CT molecular complexity index is 927. The van der Waals surface area contributed by atoms with Crippen LogP contribution >= 0.6 is 22.7 Å². The first kappa shape index (κ1) is 22.0. The Morgan fingerprint density at radius 3 is 2.42 bits per heavy atom. The van der Waals surface area contributed by atoms with Crippen molar-refractivity contribution in [1.29, 1.82) is 0 Å². The summed E-state index contributed by atoms with van der Waals surface area (Å²) in [6, 6.07) is 8.10. The van der Waals surface area contributed by atoms with E-state index in [2.05, 4.69) is 17.0 Å². The lowest BCUT2D eigenvalue weighted by atomic mass is 10.1. The molecule has 4 heterocycles. The van der Waals surface area contributed by atoms with Crippen LogP contribution in [0.5, 0.6) is 0 Å². The Balaban J connectivity index is 1.38. The van der Waals surface area contributed by atoms with Gasteiger partial charge < -0.3 is 9.64 Å². The number of hydrazone groups is 1. The minimum Gasteiger partial charge on any atom is -0.444 e. The Kier molecular flexibility index (Phi) is 6.45. The van der Waals surface area contributed by atoms with E-state index in [1.165, 1.54) is 0 Å². The summed E-state index contributed by atoms with van der Waals surface area (Å²) >= 11 is 3.31. The first-order valence-corrected chi connectivity index (χ1v) is 12.2. The molecule has 2 amide bonds. The van der Waals surface area contributed by atoms with Crippen LogP contribution in [0.15, 0.2) is 40.1 Å². The van der Waals surface area contributed by atoms with Gasteiger partial charge in [-0.05, 0) is 43.7 Å². The molecule has 4 rings (SSSR count). The van der Waals surface area contributed by atoms with Crippen LogP contribution in [0.2, 0.25) is 0 Å². The van der Waals surface area contributed by atoms with Gasteiger partial charge in [-0.25, -0.2) is 9.80 Å². The highest BCUT2D eigenvalue weighted by atomic mass is 32.1. The Morgan fingerprint density at radius 2 is 1.81 bits per heavy atom. The predicted molar refractivity (Wildman–Crippen MR) is 124 cm³/mol. The zero-order valence-electron chi connectivity index (χ0n) is 18.1. The maximum absolute atomic E-state index is 13.2. The topological polar surface area (TPSA) is 65.5 Å². The molecular formula is C22H28N4O3S2. The number of nitrogens with zero attached hydrogens (tertiary/aromatic N) is 4. The molecule has 7 nitrogen and oxygen atoms in total. The minimum absolute atomic E-state index is 0.00401. The van der Waals surface area contributed by atoms with E-state index in [1.807, 2.05) is 43.7 Å². The average molecular weight is 461 g/mol. The van der Waals surface area contributed by atoms with Crippen molar-refractivity contribution in [1.82, 2.24) is 14.8 Å². The minimum atomic E-state index is -0.505. The molecule has 1 saturated heterocycles. The van der Waals surface area contributed by atoms with E-state index in [4.69, 9.17) is 9.84 Å². The number of ether oxygens (including phenoxy) is 1. The molecule has 2 aromatic rings. The molecule has 2 aliphatic heterocycles. The third-order valence-corrected chi connectivity index (χ3v) is 7.12. The lowest BCUT2D eigenvalue weighted by Crippen LogP contribution is -2.52. The van der Waals surface area contributed by atoms with Gasteiger partial charge in [-0.2, -0.15) is 5.10 Å². The van der Waals surface area contributed by atoms with Crippen molar-refractivity contribution in [3.05, 3.63) is 44.8 Å². The molecule has 0 saturated carbocycles. The highest BCUT2D eigenvalue weighted by Crippen LogP contribution is 2.36. The quantitative estimate of drug-likeness (QED) is 0.691. The second kappa shape index (κ2) is 9.10. The number of piperazine rings is 1. The van der Waals surface area contributed by atoms with E-state index < -0.39 is 5.60 Å². The second-order valence-electron chi connectivity index (χ2n) is 8.74. The fraction of sp³-hybridized carbons (Fsp3) is 0.500. The second-order valence-corrected chi connectivity index (χ2v) is 10.7. The van der Waals surface area contributed by atoms with Gasteiger partial charge >= 0.3 is 6.09 Å². The highest BCUT2D eigenvalue weighted by molar-refractivity contribution is 7.12. The van der Waals surface area contributed by atoms with Gasteiger partial charge in [0, 0.05) is 37.5 Å². The number of amides is 2. The van der Waals surface area contributed by atoms with Crippen LogP contribution in [-0.2, 0) is 9.53 Å². The summed E-state index contributed by atoms with van der Waals surface area (Å²) in [5.41, 5.74) is 0.464. The average Bonchev–Trinajstić information content (AvgIpc) is 3.47. The van der Waals surface area contributed by atoms with Crippen molar-refractivity contribution >= 4 is 40.4 Å². The van der Waals surface area contributed by atoms with Crippen LogP contribution in [0, 0.1) is 0 Å². The first-order chi connectivity index (χ1) is 14.8. The predicted octanol–water partition coefficient (Wildman–Crippen LogP) is 4.04. The van der Waals surface area contributed by atoms with Crippen LogP contribution in [0.1, 0.15) is 43.0 Å². The lowest BCUT2D eigenvalue weighted by Gasteiger charge is -2.35. The Labute approximate surface area is 190 Å². The Morgan fingerprint density at radius 1 is 1.10 bits per heavy atom. The number of hydrogen-bond donors (Lipinski definition) is 0. The van der Waals surface area contributed by atoms with Crippen molar-refractivity contribution in [2.75, 3.05) is 32.7 Å². The summed E-state index contributed by atoms with van der Waals surface area (Å²) in [5, 5.41) is 10.5. The summed E-state index contributed by atoms with van der Waals surface area (Å²) in [6.07, 6.45) is 0.445. The molecule has 0 aliphatic carbocycles. The normalized spacial score (nSPS) is 20.1. The van der Waals surface area contributed by atoms with Crippen LogP contribution in [0.25, 0.3) is 0 Å². The van der Waals surface area contributed by atoms with E-state index in [0.717, 1.165) is 21.9 Å². The molecule has 0 radical (unpaired) electrons. The first-order valence-electron chi connectivity index (χ1n) is 10.5. The van der Waals surface area contributed by atoms with E-state index in [1.54, 1.807) is 32.6 Å². The van der Waals surface area contributed by atoms with Gasteiger partial charge in [0.25, 0.3) is 5.91 Å². The Hall–Kier alpha value is -2.23. The number of carbonyl (C=O) groups is 2. The van der Waals surface area contributed by atoms with Crippen LogP contribution in [0.4, 0.5) is 4.79 Å². The summed E-state index contributed by atoms with van der Waals surface area (Å²) < 4.78 is 5.46. The maximum Gasteiger partial charge on any atom is 0.410 e. The molecule has 0 spiro atoms. The molecule has 0 aromatic carbocycles. The number of rotatable bonds is 4. The molecule has 0 N–H and O–H groups in total. The molecule has 2 aliphatic rings. The smallest absolute Gasteiger partial charge is 0.410 e. The molecular weight excluding hydrogens is 432 g/mol. The van der Waals surface area contributed by atoms with Gasteiger partial charge in [-0.3, -0.25) is 9.69 Å². The largest absolute Gasteiger partial charge is 0.444 e. The summed E-state index contributed by atoms with van der Waals surface area (Å²) in [6.45, 7) is 8.29. The van der Waals surface area contributed by atoms with E-state index >= 15 is 0 Å². The van der Waals surface area contributed by atoms with E-state index in [0.29, 0.717) is 32.7 Å². The van der Waals surface area contributed by atoms with Crippen LogP contribution in [-0.4, -0.2) is 70.8 Å². The molecule has 166 valence electrons. The molecule has 1 fully saturated rings. The van der Waals surface area contributed by atoms with Gasteiger partial charge in [0.05, 0.1) is 23.2 Å². The lowest BCUT2D eigenvalue weighted by molar-refractivity contribution is -0.134. The van der Waals surface area contributed by atoms with Gasteiger partial charge in [-0.1, -0.05) is 12.1 Å². The fourth-order valence-corrected chi connectivity index (χ4v) is 5.25. The fourth-order valence-electron chi connectivity index (χ4n) is 3.71. The third kappa shape index (κ3) is 5.34. The number of carbonyl (C=O) groups excluding carboxylic acids is 2. The zero-order valence-corrected chi connectivity index (χ0v) is 19.7. The van der Waals surface area contributed by atoms with Crippen LogP contribution in [0.3, 0.4) is 0 Å². The van der Waals surface area contributed by atoms with Crippen molar-refractivity contribution in [3.8, 4) is 0 Å². The zero-order chi connectivity index (χ0) is 22.0.